The quantitative estimate of drug-likeness (QED) is 0.0352. The van der Waals surface area contributed by atoms with E-state index in [0.717, 1.165) is 38.7 Å². The van der Waals surface area contributed by atoms with Crippen LogP contribution in [0.1, 0.15) is 78.2 Å². The summed E-state index contributed by atoms with van der Waals surface area (Å²) in [6.45, 7) is 20.7. The molecule has 0 aliphatic carbocycles. The number of hydrogen-bond acceptors (Lipinski definition) is 5. The van der Waals surface area contributed by atoms with Crippen molar-refractivity contribution in [2.75, 3.05) is 29.2 Å². The van der Waals surface area contributed by atoms with Crippen LogP contribution < -0.4 is 0 Å². The van der Waals surface area contributed by atoms with E-state index in [9.17, 15) is 15.0 Å². The van der Waals surface area contributed by atoms with Crippen LogP contribution in [0.15, 0.2) is 177 Å². The summed E-state index contributed by atoms with van der Waals surface area (Å²) in [6, 6.07) is 51.6. The number of rotatable bonds is 18. The molecule has 0 bridgehead atoms. The van der Waals surface area contributed by atoms with Crippen molar-refractivity contribution >= 4 is 77.8 Å². The monoisotopic (exact) mass is 1260 g/mol. The number of aliphatic hydroxyl groups is 3. The van der Waals surface area contributed by atoms with E-state index in [-0.39, 0.29) is 81.0 Å². The van der Waals surface area contributed by atoms with E-state index in [1.54, 1.807) is 13.0 Å². The van der Waals surface area contributed by atoms with Gasteiger partial charge in [0.15, 0.2) is 0 Å². The number of allylic oxidation sites excluding steroid dienone is 1. The smallest absolute Gasteiger partial charge is 0.146 e. The molecule has 11 heteroatoms. The van der Waals surface area contributed by atoms with E-state index >= 15 is 0 Å². The maximum atomic E-state index is 11.3. The van der Waals surface area contributed by atoms with Gasteiger partial charge < -0.3 is 20.1 Å². The molecule has 0 radical (unpaired) electrons. The second-order valence-electron chi connectivity index (χ2n) is 16.8. The third-order valence-corrected chi connectivity index (χ3v) is 11.9. The SMILES string of the molecule is Br.C.C=C[C@@H](C)Cc1ccccc1.C=C[C@@H](O)[C@@H](C)Cc1ccccc1.CCO.C[C@@H](Cc1ccccc1)C(=O)CBr.C[C@@H](Cc1ccccc1)[C@H](O)CBr.C[C@@H](Cc1ccccc1)[C@H]1CO1.ClCCl.[HH].[Zn]. The number of Topliss-reactive ketones (excluding diaryl/α,β-unsaturated/α-hetero) is 1. The van der Waals surface area contributed by atoms with Crippen molar-refractivity contribution in [2.24, 2.45) is 29.6 Å². The summed E-state index contributed by atoms with van der Waals surface area (Å²) in [7, 11) is 0. The maximum Gasteiger partial charge on any atom is 0.146 e. The summed E-state index contributed by atoms with van der Waals surface area (Å²) in [5, 5.41) is 27.9. The Balaban J connectivity index is -0.000000249. The van der Waals surface area contributed by atoms with Gasteiger partial charge in [-0.3, -0.25) is 4.79 Å². The van der Waals surface area contributed by atoms with E-state index in [2.05, 4.69) is 157 Å². The first-order valence-electron chi connectivity index (χ1n) is 23.5. The molecule has 0 aromatic heterocycles. The van der Waals surface area contributed by atoms with Crippen LogP contribution in [0.3, 0.4) is 0 Å². The molecule has 0 unspecified atom stereocenters. The molecule has 394 valence electrons. The van der Waals surface area contributed by atoms with Gasteiger partial charge in [0, 0.05) is 38.8 Å². The molecule has 1 heterocycles. The van der Waals surface area contributed by atoms with Gasteiger partial charge in [-0.25, -0.2) is 0 Å². The number of halogens is 5. The number of ketones is 1. The number of carbonyl (C=O) groups excluding carboxylic acids is 1. The van der Waals surface area contributed by atoms with Crippen molar-refractivity contribution in [1.29, 1.82) is 0 Å². The van der Waals surface area contributed by atoms with E-state index in [1.165, 1.54) is 27.8 Å². The van der Waals surface area contributed by atoms with Gasteiger partial charge in [-0.05, 0) is 90.5 Å². The molecule has 8 atom stereocenters. The first-order chi connectivity index (χ1) is 32.7. The molecule has 1 aliphatic rings. The van der Waals surface area contributed by atoms with Gasteiger partial charge in [0.2, 0.25) is 0 Å². The fraction of sp³-hybridized carbons (Fsp3) is 0.417. The van der Waals surface area contributed by atoms with Crippen LogP contribution in [0.25, 0.3) is 0 Å². The van der Waals surface area contributed by atoms with Crippen molar-refractivity contribution in [3.63, 3.8) is 0 Å². The fourth-order valence-electron chi connectivity index (χ4n) is 6.40. The largest absolute Gasteiger partial charge is 0.397 e. The van der Waals surface area contributed by atoms with Crippen molar-refractivity contribution in [1.82, 2.24) is 0 Å². The predicted octanol–water partition coefficient (Wildman–Crippen LogP) is 16.1. The minimum atomic E-state index is -0.403. The molecule has 6 rings (SSSR count). The number of ether oxygens (including phenoxy) is 1. The first kappa shape index (κ1) is 75.3. The van der Waals surface area contributed by atoms with Gasteiger partial charge in [-0.15, -0.1) is 53.3 Å². The number of carbonyl (C=O) groups is 1. The molecule has 5 aromatic rings. The van der Waals surface area contributed by atoms with Crippen molar-refractivity contribution in [3.8, 4) is 0 Å². The number of aliphatic hydroxyl groups excluding tert-OH is 3. The Morgan fingerprint density at radius 3 is 1.25 bits per heavy atom. The average Bonchev–Trinajstić information content (AvgIpc) is 4.23. The van der Waals surface area contributed by atoms with E-state index < -0.39 is 6.10 Å². The number of alkyl halides is 4. The van der Waals surface area contributed by atoms with Crippen LogP contribution in [-0.2, 0) is 61.1 Å². The fourth-order valence-corrected chi connectivity index (χ4v) is 7.59. The molecule has 5 nitrogen and oxygen atoms in total. The van der Waals surface area contributed by atoms with Gasteiger partial charge in [-0.1, -0.05) is 238 Å². The molecule has 1 saturated heterocycles. The Labute approximate surface area is 482 Å². The number of hydrogen-bond donors (Lipinski definition) is 3. The van der Waals surface area contributed by atoms with Crippen LogP contribution in [0.4, 0.5) is 0 Å². The number of benzene rings is 5. The minimum Gasteiger partial charge on any atom is -0.397 e. The third kappa shape index (κ3) is 40.8. The second-order valence-corrected chi connectivity index (χ2v) is 18.8. The van der Waals surface area contributed by atoms with Crippen molar-refractivity contribution < 1.29 is 45.8 Å². The van der Waals surface area contributed by atoms with E-state index in [4.69, 9.17) is 33.0 Å². The summed E-state index contributed by atoms with van der Waals surface area (Å²) in [4.78, 5) is 11.3. The predicted molar refractivity (Wildman–Crippen MR) is 320 cm³/mol. The van der Waals surface area contributed by atoms with Crippen LogP contribution in [0, 0.1) is 29.6 Å². The Kier molecular flexibility index (Phi) is 52.9. The Morgan fingerprint density at radius 2 is 0.958 bits per heavy atom. The van der Waals surface area contributed by atoms with E-state index in [0.29, 0.717) is 34.5 Å². The van der Waals surface area contributed by atoms with Crippen LogP contribution in [0.5, 0.6) is 0 Å². The maximum absolute atomic E-state index is 11.3. The second kappa shape index (κ2) is 49.9. The Bertz CT molecular complexity index is 1920. The van der Waals surface area contributed by atoms with Crippen LogP contribution in [0.2, 0.25) is 0 Å². The standard InChI is InChI=1S/C12H16O.C11H15BrO.C11H13BrO.C11H14O.C11H14.C2H6O.CH2Cl2.CH4.BrH.Zn.H2/c1-3-12(13)10(2)9-11-7-5-4-6-8-11;2*1-9(11(13)8-12)7-10-5-3-2-4-6-10;1-9(11-8-12-11)7-10-5-3-2-4-6-10;1-3-10(2)9-11-7-5-4-6-8-11;1-2-3;2-1-3;;;;/h3-8,10,12-13H,1,9H2,2H3;2-6,9,11,13H,7-8H2,1H3;2-6,9H,7-8H2,1H3;2-6,9,11H,7-8H2,1H3;3-8,10H,1,9H2,2H3;3H,2H2,1H3;1H2;1H4;1H;;1H/t10-,12+;9-,11+;9-;9-,11+;10-;;;;;;/m00001....../s1. The molecule has 3 N–H and O–H groups in total. The number of epoxide rings is 1. The summed E-state index contributed by atoms with van der Waals surface area (Å²) in [6.07, 6.45) is 8.38. The molecule has 0 saturated carbocycles. The average molecular weight is 1260 g/mol. The summed E-state index contributed by atoms with van der Waals surface area (Å²) < 4.78 is 5.24. The zero-order valence-corrected chi connectivity index (χ0v) is 51.8. The summed E-state index contributed by atoms with van der Waals surface area (Å²) in [5.41, 5.74) is 6.58. The molecular weight excluding hydrogens is 1180 g/mol. The van der Waals surface area contributed by atoms with Gasteiger partial charge in [-0.2, -0.15) is 0 Å². The summed E-state index contributed by atoms with van der Waals surface area (Å²) >= 11 is 16.0. The van der Waals surface area contributed by atoms with Gasteiger partial charge in [0.05, 0.1) is 35.6 Å². The van der Waals surface area contributed by atoms with Gasteiger partial charge in [0.25, 0.3) is 0 Å². The minimum absolute atomic E-state index is 0. The van der Waals surface area contributed by atoms with Crippen molar-refractivity contribution in [3.05, 3.63) is 205 Å². The molecule has 1 aliphatic heterocycles. The molecule has 0 amide bonds. The van der Waals surface area contributed by atoms with Crippen LogP contribution >= 0.6 is 72.0 Å². The Morgan fingerprint density at radius 1 is 0.648 bits per heavy atom. The molecule has 71 heavy (non-hydrogen) atoms. The molecule has 5 aromatic carbocycles. The zero-order chi connectivity index (χ0) is 51.0. The zero-order valence-electron chi connectivity index (χ0n) is 42.5. The molecule has 1 fully saturated rings. The third-order valence-electron chi connectivity index (χ3n) is 10.7. The topological polar surface area (TPSA) is 90.3 Å². The summed E-state index contributed by atoms with van der Waals surface area (Å²) in [5.74, 6) is 2.18. The molecule has 0 spiro atoms. The van der Waals surface area contributed by atoms with Crippen molar-refractivity contribution in [2.45, 2.75) is 99.4 Å². The van der Waals surface area contributed by atoms with Gasteiger partial charge in [0.1, 0.15) is 5.78 Å². The van der Waals surface area contributed by atoms with Crippen LogP contribution in [-0.4, -0.2) is 68.6 Å². The Hall–Kier alpha value is -2.27. The van der Waals surface area contributed by atoms with Gasteiger partial charge >= 0.3 is 0 Å². The van der Waals surface area contributed by atoms with E-state index in [1.807, 2.05) is 80.6 Å². The molecular formula is C60H87Br3Cl2O5Zn. The first-order valence-corrected chi connectivity index (χ1v) is 26.8. The normalized spacial score (nSPS) is 14.2.